The average Bonchev–Trinajstić information content (AvgIpc) is 3.13. The molecule has 3 heterocycles. The number of rotatable bonds is 2. The van der Waals surface area contributed by atoms with Gasteiger partial charge in [-0.15, -0.1) is 5.10 Å². The van der Waals surface area contributed by atoms with Crippen molar-refractivity contribution in [2.24, 2.45) is 5.92 Å². The van der Waals surface area contributed by atoms with Crippen molar-refractivity contribution >= 4 is 5.95 Å². The zero-order valence-electron chi connectivity index (χ0n) is 12.4. The topological polar surface area (TPSA) is 74.6 Å². The van der Waals surface area contributed by atoms with Crippen molar-refractivity contribution in [2.45, 2.75) is 25.8 Å². The highest BCUT2D eigenvalue weighted by Crippen LogP contribution is 2.33. The molecule has 0 saturated heterocycles. The number of fused-ring (bicyclic) bond motifs is 1. The molecule has 3 aromatic rings. The van der Waals surface area contributed by atoms with Gasteiger partial charge in [0.05, 0.1) is 18.4 Å². The van der Waals surface area contributed by atoms with Crippen LogP contribution in [0.5, 0.6) is 0 Å². The van der Waals surface area contributed by atoms with Crippen molar-refractivity contribution in [1.82, 2.24) is 24.5 Å². The number of para-hydroxylation sites is 1. The molecule has 2 N–H and O–H groups in total. The predicted octanol–water partition coefficient (Wildman–Crippen LogP) is 2.02. The van der Waals surface area contributed by atoms with Gasteiger partial charge >= 0.3 is 0 Å². The minimum atomic E-state index is 0.364. The minimum absolute atomic E-state index is 0.364. The molecule has 0 aliphatic carbocycles. The van der Waals surface area contributed by atoms with Crippen LogP contribution in [0.2, 0.25) is 0 Å². The molecule has 0 amide bonds. The molecule has 1 aliphatic rings. The van der Waals surface area contributed by atoms with E-state index in [0.29, 0.717) is 17.8 Å². The molecule has 2 unspecified atom stereocenters. The van der Waals surface area contributed by atoms with Crippen LogP contribution in [-0.4, -0.2) is 24.5 Å². The van der Waals surface area contributed by atoms with E-state index in [1.54, 1.807) is 0 Å². The fraction of sp³-hybridized carbons (Fsp3) is 0.312. The summed E-state index contributed by atoms with van der Waals surface area (Å²) in [5, 5.41) is 8.79. The number of nitrogen functional groups attached to an aromatic ring is 1. The SMILES string of the molecule is CC1Cc2nc(N)nn2CC1c1cnn(-c2ccccc2)c1. The molecule has 0 bridgehead atoms. The molecule has 0 radical (unpaired) electrons. The van der Waals surface area contributed by atoms with Gasteiger partial charge in [0, 0.05) is 18.5 Å². The molecule has 6 heteroatoms. The first-order valence-electron chi connectivity index (χ1n) is 7.50. The fourth-order valence-corrected chi connectivity index (χ4v) is 3.17. The summed E-state index contributed by atoms with van der Waals surface area (Å²) in [5.41, 5.74) is 8.01. The lowest BCUT2D eigenvalue weighted by Gasteiger charge is -2.27. The Morgan fingerprint density at radius 1 is 1.23 bits per heavy atom. The second kappa shape index (κ2) is 4.98. The molecule has 0 spiro atoms. The zero-order valence-corrected chi connectivity index (χ0v) is 12.4. The first-order chi connectivity index (χ1) is 10.7. The third kappa shape index (κ3) is 2.16. The zero-order chi connectivity index (χ0) is 15.1. The number of nitrogens with two attached hydrogens (primary N) is 1. The van der Waals surface area contributed by atoms with Crippen molar-refractivity contribution in [3.8, 4) is 5.69 Å². The van der Waals surface area contributed by atoms with Crippen molar-refractivity contribution in [3.63, 3.8) is 0 Å². The first-order valence-corrected chi connectivity index (χ1v) is 7.50. The number of benzene rings is 1. The number of hydrogen-bond acceptors (Lipinski definition) is 4. The maximum Gasteiger partial charge on any atom is 0.239 e. The predicted molar refractivity (Wildman–Crippen MR) is 83.6 cm³/mol. The molecule has 112 valence electrons. The van der Waals surface area contributed by atoms with Gasteiger partial charge in [-0.25, -0.2) is 9.36 Å². The van der Waals surface area contributed by atoms with Crippen LogP contribution in [0.3, 0.4) is 0 Å². The quantitative estimate of drug-likeness (QED) is 0.784. The molecule has 6 nitrogen and oxygen atoms in total. The fourth-order valence-electron chi connectivity index (χ4n) is 3.17. The van der Waals surface area contributed by atoms with E-state index >= 15 is 0 Å². The molecule has 2 aromatic heterocycles. The number of hydrogen-bond donors (Lipinski definition) is 1. The van der Waals surface area contributed by atoms with Crippen molar-refractivity contribution < 1.29 is 0 Å². The Bertz CT molecular complexity index is 788. The molecular weight excluding hydrogens is 276 g/mol. The van der Waals surface area contributed by atoms with Crippen LogP contribution < -0.4 is 5.73 Å². The average molecular weight is 294 g/mol. The van der Waals surface area contributed by atoms with Gasteiger partial charge in [-0.3, -0.25) is 0 Å². The van der Waals surface area contributed by atoms with Crippen molar-refractivity contribution in [3.05, 3.63) is 54.1 Å². The second-order valence-corrected chi connectivity index (χ2v) is 5.91. The third-order valence-electron chi connectivity index (χ3n) is 4.38. The van der Waals surface area contributed by atoms with Gasteiger partial charge in [0.2, 0.25) is 5.95 Å². The molecule has 4 rings (SSSR count). The summed E-state index contributed by atoms with van der Waals surface area (Å²) in [6, 6.07) is 10.1. The van der Waals surface area contributed by atoms with E-state index in [9.17, 15) is 0 Å². The Kier molecular flexibility index (Phi) is 2.96. The molecule has 2 atom stereocenters. The summed E-state index contributed by atoms with van der Waals surface area (Å²) < 4.78 is 3.85. The molecule has 1 aliphatic heterocycles. The highest BCUT2D eigenvalue weighted by molar-refractivity contribution is 5.32. The van der Waals surface area contributed by atoms with Gasteiger partial charge in [-0.05, 0) is 23.6 Å². The molecule has 0 saturated carbocycles. The smallest absolute Gasteiger partial charge is 0.239 e. The Labute approximate surface area is 128 Å². The monoisotopic (exact) mass is 294 g/mol. The van der Waals surface area contributed by atoms with E-state index in [-0.39, 0.29) is 0 Å². The normalized spacial score (nSPS) is 20.8. The van der Waals surface area contributed by atoms with Crippen LogP contribution in [0.4, 0.5) is 5.95 Å². The molecule has 22 heavy (non-hydrogen) atoms. The maximum absolute atomic E-state index is 5.71. The summed E-state index contributed by atoms with van der Waals surface area (Å²) in [6.45, 7) is 3.06. The van der Waals surface area contributed by atoms with Crippen molar-refractivity contribution in [1.29, 1.82) is 0 Å². The summed E-state index contributed by atoms with van der Waals surface area (Å²) in [6.07, 6.45) is 4.96. The van der Waals surface area contributed by atoms with Crippen molar-refractivity contribution in [2.75, 3.05) is 5.73 Å². The van der Waals surface area contributed by atoms with Crippen LogP contribution >= 0.6 is 0 Å². The standard InChI is InChI=1S/C16H18N6/c1-11-7-15-19-16(17)20-22(15)10-14(11)12-8-18-21(9-12)13-5-3-2-4-6-13/h2-6,8-9,11,14H,7,10H2,1H3,(H2,17,20). The minimum Gasteiger partial charge on any atom is -0.366 e. The van der Waals surface area contributed by atoms with Crippen LogP contribution in [0.15, 0.2) is 42.7 Å². The Balaban J connectivity index is 1.64. The van der Waals surface area contributed by atoms with E-state index in [4.69, 9.17) is 5.73 Å². The van der Waals surface area contributed by atoms with Crippen LogP contribution in [-0.2, 0) is 13.0 Å². The van der Waals surface area contributed by atoms with Crippen LogP contribution in [0, 0.1) is 5.92 Å². The summed E-state index contributed by atoms with van der Waals surface area (Å²) in [5.74, 6) is 2.22. The van der Waals surface area contributed by atoms with Gasteiger partial charge in [-0.2, -0.15) is 10.1 Å². The second-order valence-electron chi connectivity index (χ2n) is 5.91. The Morgan fingerprint density at radius 3 is 2.86 bits per heavy atom. The molecular formula is C16H18N6. The van der Waals surface area contributed by atoms with E-state index in [2.05, 4.69) is 40.4 Å². The number of nitrogens with zero attached hydrogens (tertiary/aromatic N) is 5. The maximum atomic E-state index is 5.71. The Hall–Kier alpha value is -2.63. The summed E-state index contributed by atoms with van der Waals surface area (Å²) in [4.78, 5) is 4.29. The molecule has 0 fully saturated rings. The summed E-state index contributed by atoms with van der Waals surface area (Å²) in [7, 11) is 0. The first kappa shape index (κ1) is 13.1. The third-order valence-corrected chi connectivity index (χ3v) is 4.38. The van der Waals surface area contributed by atoms with Gasteiger partial charge in [-0.1, -0.05) is 25.1 Å². The highest BCUT2D eigenvalue weighted by atomic mass is 15.4. The van der Waals surface area contributed by atoms with E-state index in [0.717, 1.165) is 24.5 Å². The van der Waals surface area contributed by atoms with Gasteiger partial charge in [0.15, 0.2) is 0 Å². The highest BCUT2D eigenvalue weighted by Gasteiger charge is 2.29. The van der Waals surface area contributed by atoms with E-state index in [1.807, 2.05) is 33.8 Å². The van der Waals surface area contributed by atoms with E-state index < -0.39 is 0 Å². The Morgan fingerprint density at radius 2 is 2.05 bits per heavy atom. The lowest BCUT2D eigenvalue weighted by atomic mass is 9.84. The summed E-state index contributed by atoms with van der Waals surface area (Å²) >= 11 is 0. The number of aromatic nitrogens is 5. The van der Waals surface area contributed by atoms with Crippen LogP contribution in [0.1, 0.15) is 24.2 Å². The van der Waals surface area contributed by atoms with Crippen LogP contribution in [0.25, 0.3) is 5.69 Å². The largest absolute Gasteiger partial charge is 0.366 e. The van der Waals surface area contributed by atoms with Gasteiger partial charge < -0.3 is 5.73 Å². The van der Waals surface area contributed by atoms with Gasteiger partial charge in [0.1, 0.15) is 5.82 Å². The molecule has 1 aromatic carbocycles. The lowest BCUT2D eigenvalue weighted by molar-refractivity contribution is 0.330. The lowest BCUT2D eigenvalue weighted by Crippen LogP contribution is -2.26. The van der Waals surface area contributed by atoms with E-state index in [1.165, 1.54) is 5.56 Å². The number of anilines is 1. The van der Waals surface area contributed by atoms with Gasteiger partial charge in [0.25, 0.3) is 0 Å².